The number of hydrogen-bond donors (Lipinski definition) is 6. The molecule has 34 heavy (non-hydrogen) atoms. The third-order valence-electron chi connectivity index (χ3n) is 5.94. The molecule has 1 aliphatic heterocycles. The number of aliphatic carboxylic acids is 1. The Labute approximate surface area is 196 Å². The minimum atomic E-state index is -1.95. The van der Waals surface area contributed by atoms with Gasteiger partial charge in [-0.15, -0.1) is 0 Å². The highest BCUT2D eigenvalue weighted by Gasteiger charge is 2.28. The van der Waals surface area contributed by atoms with Crippen molar-refractivity contribution >= 4 is 25.0 Å². The number of carboxylic acids is 2. The number of aromatic hydroxyl groups is 1. The Morgan fingerprint density at radius 3 is 2.41 bits per heavy atom. The second kappa shape index (κ2) is 11.1. The van der Waals surface area contributed by atoms with Gasteiger partial charge in [-0.3, -0.25) is 14.5 Å². The van der Waals surface area contributed by atoms with E-state index in [1.165, 1.54) is 18.2 Å². The summed E-state index contributed by atoms with van der Waals surface area (Å²) in [5.74, 6) is -4.75. The van der Waals surface area contributed by atoms with Crippen LogP contribution < -0.4 is 5.32 Å². The molecular weight excluding hydrogens is 443 g/mol. The van der Waals surface area contributed by atoms with Crippen molar-refractivity contribution < 1.29 is 39.8 Å². The van der Waals surface area contributed by atoms with Gasteiger partial charge in [0.15, 0.2) is 0 Å². The van der Waals surface area contributed by atoms with Gasteiger partial charge in [-0.05, 0) is 55.1 Å². The fraction of sp³-hybridized carbons (Fsp3) is 0.348. The zero-order valence-corrected chi connectivity index (χ0v) is 18.4. The number of phenols is 1. The van der Waals surface area contributed by atoms with Crippen LogP contribution in [0.5, 0.6) is 5.75 Å². The Hall–Kier alpha value is -3.41. The van der Waals surface area contributed by atoms with Crippen LogP contribution in [0, 0.1) is 5.92 Å². The van der Waals surface area contributed by atoms with Crippen molar-refractivity contribution in [3.05, 3.63) is 64.7 Å². The van der Waals surface area contributed by atoms with E-state index in [4.69, 9.17) is 5.11 Å². The van der Waals surface area contributed by atoms with Crippen molar-refractivity contribution in [3.8, 4) is 5.75 Å². The summed E-state index contributed by atoms with van der Waals surface area (Å²) < 4.78 is 0. The second-order valence-corrected chi connectivity index (χ2v) is 8.43. The number of benzene rings is 2. The number of likely N-dealkylation sites (tertiary alicyclic amines) is 1. The lowest BCUT2D eigenvalue weighted by Gasteiger charge is -2.30. The zero-order chi connectivity index (χ0) is 24.8. The minimum absolute atomic E-state index is 0.148. The van der Waals surface area contributed by atoms with Crippen LogP contribution in [0.3, 0.4) is 0 Å². The number of carboxylic acid groups (broad SMARTS) is 2. The van der Waals surface area contributed by atoms with Crippen LogP contribution in [0.1, 0.15) is 44.7 Å². The summed E-state index contributed by atoms with van der Waals surface area (Å²) in [6.45, 7) is 1.84. The van der Waals surface area contributed by atoms with E-state index in [9.17, 15) is 34.6 Å². The van der Waals surface area contributed by atoms with Gasteiger partial charge < -0.3 is 30.7 Å². The fourth-order valence-corrected chi connectivity index (χ4v) is 4.07. The molecule has 2 aromatic rings. The first kappa shape index (κ1) is 25.2. The molecule has 180 valence electrons. The van der Waals surface area contributed by atoms with Crippen molar-refractivity contribution in [2.75, 3.05) is 13.1 Å². The highest BCUT2D eigenvalue weighted by atomic mass is 16.4. The number of carbonyl (C=O) groups excluding carboxylic acids is 1. The van der Waals surface area contributed by atoms with Crippen LogP contribution in [-0.4, -0.2) is 74.3 Å². The van der Waals surface area contributed by atoms with E-state index >= 15 is 0 Å². The zero-order valence-electron chi connectivity index (χ0n) is 18.4. The Bertz CT molecular complexity index is 1040. The third kappa shape index (κ3) is 6.34. The van der Waals surface area contributed by atoms with E-state index in [0.29, 0.717) is 19.5 Å². The van der Waals surface area contributed by atoms with Crippen molar-refractivity contribution in [2.45, 2.75) is 31.7 Å². The van der Waals surface area contributed by atoms with Gasteiger partial charge in [0, 0.05) is 18.7 Å². The summed E-state index contributed by atoms with van der Waals surface area (Å²) in [6.07, 6.45) is 1.28. The predicted molar refractivity (Wildman–Crippen MR) is 122 cm³/mol. The molecule has 2 aromatic carbocycles. The summed E-state index contributed by atoms with van der Waals surface area (Å²) in [7, 11) is -1.95. The predicted octanol–water partition coefficient (Wildman–Crippen LogP) is 0.740. The third-order valence-corrected chi connectivity index (χ3v) is 5.94. The number of hydrogen-bond acceptors (Lipinski definition) is 7. The van der Waals surface area contributed by atoms with Crippen molar-refractivity contribution in [2.24, 2.45) is 5.92 Å². The molecule has 0 radical (unpaired) electrons. The standard InChI is InChI=1S/C23H27BN2O8/c27-20-16(3-1-5-18(20)23(31)32)11-19(24(33)34)25-21(28)15-8-6-14(7-9-15)12-26-10-2-4-17(13-26)22(29)30/h1,3,5-9,17,19,27,33-34H,2,4,10-13H2,(H,25,28)(H,29,30)(H,31,32)/t17?,19-/m0/s1. The highest BCUT2D eigenvalue weighted by molar-refractivity contribution is 6.43. The number of nitrogens with one attached hydrogen (secondary N) is 1. The van der Waals surface area contributed by atoms with Crippen LogP contribution in [0.15, 0.2) is 42.5 Å². The van der Waals surface area contributed by atoms with Crippen molar-refractivity contribution in [3.63, 3.8) is 0 Å². The minimum Gasteiger partial charge on any atom is -0.507 e. The number of nitrogens with zero attached hydrogens (tertiary/aromatic N) is 1. The lowest BCUT2D eigenvalue weighted by molar-refractivity contribution is -0.143. The molecule has 0 aromatic heterocycles. The number of piperidine rings is 1. The summed E-state index contributed by atoms with van der Waals surface area (Å²) in [6, 6.07) is 10.8. The smallest absolute Gasteiger partial charge is 0.475 e. The molecule has 6 N–H and O–H groups in total. The van der Waals surface area contributed by atoms with Crippen molar-refractivity contribution in [1.82, 2.24) is 10.2 Å². The lowest BCUT2D eigenvalue weighted by Crippen LogP contribution is -2.47. The summed E-state index contributed by atoms with van der Waals surface area (Å²) >= 11 is 0. The first-order chi connectivity index (χ1) is 16.2. The van der Waals surface area contributed by atoms with E-state index in [1.54, 1.807) is 24.3 Å². The Morgan fingerprint density at radius 1 is 1.09 bits per heavy atom. The highest BCUT2D eigenvalue weighted by Crippen LogP contribution is 2.24. The first-order valence-electron chi connectivity index (χ1n) is 10.9. The molecule has 1 amide bonds. The van der Waals surface area contributed by atoms with Crippen LogP contribution in [0.2, 0.25) is 0 Å². The van der Waals surface area contributed by atoms with Gasteiger partial charge >= 0.3 is 19.1 Å². The van der Waals surface area contributed by atoms with Gasteiger partial charge in [-0.2, -0.15) is 0 Å². The van der Waals surface area contributed by atoms with Gasteiger partial charge in [0.2, 0.25) is 0 Å². The molecule has 1 heterocycles. The Kier molecular flexibility index (Phi) is 8.27. The molecule has 0 spiro atoms. The number of aromatic carboxylic acids is 1. The van der Waals surface area contributed by atoms with Gasteiger partial charge in [-0.1, -0.05) is 24.3 Å². The van der Waals surface area contributed by atoms with Gasteiger partial charge in [0.05, 0.1) is 11.9 Å². The molecule has 1 aliphatic rings. The normalized spacial score (nSPS) is 17.1. The van der Waals surface area contributed by atoms with E-state index in [0.717, 1.165) is 18.5 Å². The topological polar surface area (TPSA) is 168 Å². The molecular formula is C23H27BN2O8. The molecule has 0 aliphatic carbocycles. The number of amides is 1. The molecule has 1 saturated heterocycles. The van der Waals surface area contributed by atoms with E-state index in [-0.39, 0.29) is 29.0 Å². The maximum absolute atomic E-state index is 12.7. The van der Waals surface area contributed by atoms with E-state index in [2.05, 4.69) is 10.2 Å². The maximum Gasteiger partial charge on any atom is 0.475 e. The number of carbonyl (C=O) groups is 3. The summed E-state index contributed by atoms with van der Waals surface area (Å²) in [5.41, 5.74) is 1.01. The second-order valence-electron chi connectivity index (χ2n) is 8.43. The molecule has 10 nitrogen and oxygen atoms in total. The molecule has 3 rings (SSSR count). The van der Waals surface area contributed by atoms with Gasteiger partial charge in [-0.25, -0.2) is 4.79 Å². The van der Waals surface area contributed by atoms with Gasteiger partial charge in [0.1, 0.15) is 11.3 Å². The lowest BCUT2D eigenvalue weighted by atomic mass is 9.75. The first-order valence-corrected chi connectivity index (χ1v) is 10.9. The quantitative estimate of drug-likeness (QED) is 0.290. The van der Waals surface area contributed by atoms with Gasteiger partial charge in [0.25, 0.3) is 5.91 Å². The van der Waals surface area contributed by atoms with Crippen LogP contribution in [0.4, 0.5) is 0 Å². The SMILES string of the molecule is O=C(N[C@@H](Cc1cccc(C(=O)O)c1O)B(O)O)c1ccc(CN2CCCC(C(=O)O)C2)cc1. The largest absolute Gasteiger partial charge is 0.507 e. The van der Waals surface area contributed by atoms with Crippen LogP contribution in [-0.2, 0) is 17.8 Å². The molecule has 2 atom stereocenters. The average Bonchev–Trinajstić information content (AvgIpc) is 2.80. The van der Waals surface area contributed by atoms with Crippen LogP contribution in [0.25, 0.3) is 0 Å². The average molecular weight is 470 g/mol. The molecule has 11 heteroatoms. The van der Waals surface area contributed by atoms with Crippen LogP contribution >= 0.6 is 0 Å². The van der Waals surface area contributed by atoms with E-state index in [1.807, 2.05) is 0 Å². The van der Waals surface area contributed by atoms with E-state index < -0.39 is 36.7 Å². The molecule has 0 bridgehead atoms. The molecule has 1 fully saturated rings. The molecule has 0 saturated carbocycles. The maximum atomic E-state index is 12.7. The number of para-hydroxylation sites is 1. The summed E-state index contributed by atoms with van der Waals surface area (Å²) in [5, 5.41) is 50.5. The summed E-state index contributed by atoms with van der Waals surface area (Å²) in [4.78, 5) is 37.2. The Balaban J connectivity index is 1.64. The van der Waals surface area contributed by atoms with Crippen molar-refractivity contribution in [1.29, 1.82) is 0 Å². The fourth-order valence-electron chi connectivity index (χ4n) is 4.07. The monoisotopic (exact) mass is 470 g/mol. The molecule has 1 unspecified atom stereocenters. The number of rotatable bonds is 9. The Morgan fingerprint density at radius 2 is 1.79 bits per heavy atom.